The summed E-state index contributed by atoms with van der Waals surface area (Å²) in [7, 11) is 0. The second-order valence-electron chi connectivity index (χ2n) is 4.62. The molecule has 0 aliphatic rings. The number of nitro benzene ring substituents is 1. The summed E-state index contributed by atoms with van der Waals surface area (Å²) in [5, 5.41) is 15.2. The van der Waals surface area contributed by atoms with Crippen LogP contribution in [0.2, 0.25) is 5.02 Å². The lowest BCUT2D eigenvalue weighted by molar-refractivity contribution is -0.384. The molecule has 0 saturated heterocycles. The molecular formula is C16H10ClN3O3. The average Bonchev–Trinajstić information content (AvgIpc) is 3.03. The minimum atomic E-state index is -0.470. The Morgan fingerprint density at radius 2 is 1.96 bits per heavy atom. The van der Waals surface area contributed by atoms with Gasteiger partial charge in [0, 0.05) is 28.8 Å². The zero-order chi connectivity index (χ0) is 16.2. The number of halogens is 1. The Morgan fingerprint density at radius 1 is 1.13 bits per heavy atom. The van der Waals surface area contributed by atoms with E-state index < -0.39 is 4.92 Å². The highest BCUT2D eigenvalue weighted by molar-refractivity contribution is 6.32. The van der Waals surface area contributed by atoms with Gasteiger partial charge in [0.15, 0.2) is 0 Å². The van der Waals surface area contributed by atoms with E-state index in [1.165, 1.54) is 12.1 Å². The van der Waals surface area contributed by atoms with E-state index in [1.807, 2.05) is 18.2 Å². The number of hydrogen-bond donors (Lipinski definition) is 0. The first-order valence-corrected chi connectivity index (χ1v) is 7.02. The fourth-order valence-electron chi connectivity index (χ4n) is 1.95. The first kappa shape index (κ1) is 14.9. The van der Waals surface area contributed by atoms with E-state index in [2.05, 4.69) is 10.1 Å². The van der Waals surface area contributed by atoms with Crippen molar-refractivity contribution in [1.29, 1.82) is 0 Å². The van der Waals surface area contributed by atoms with Gasteiger partial charge in [0.2, 0.25) is 5.82 Å². The quantitative estimate of drug-likeness (QED) is 0.521. The van der Waals surface area contributed by atoms with Crippen LogP contribution in [0.15, 0.2) is 53.1 Å². The summed E-state index contributed by atoms with van der Waals surface area (Å²) < 4.78 is 5.12. The topological polar surface area (TPSA) is 82.1 Å². The lowest BCUT2D eigenvalue weighted by Crippen LogP contribution is -1.88. The van der Waals surface area contributed by atoms with Gasteiger partial charge in [-0.05, 0) is 17.7 Å². The molecule has 0 aliphatic carbocycles. The van der Waals surface area contributed by atoms with Crippen molar-refractivity contribution in [2.45, 2.75) is 0 Å². The summed E-state index contributed by atoms with van der Waals surface area (Å²) in [6.45, 7) is 0. The van der Waals surface area contributed by atoms with Gasteiger partial charge < -0.3 is 4.52 Å². The maximum absolute atomic E-state index is 10.8. The molecule has 6 nitrogen and oxygen atoms in total. The van der Waals surface area contributed by atoms with Gasteiger partial charge in [-0.1, -0.05) is 47.1 Å². The zero-order valence-corrected chi connectivity index (χ0v) is 12.5. The van der Waals surface area contributed by atoms with Gasteiger partial charge in [-0.25, -0.2) is 0 Å². The van der Waals surface area contributed by atoms with Crippen molar-refractivity contribution in [3.05, 3.63) is 75.1 Å². The maximum Gasteiger partial charge on any atom is 0.270 e. The summed E-state index contributed by atoms with van der Waals surface area (Å²) in [5.41, 5.74) is 1.31. The summed E-state index contributed by atoms with van der Waals surface area (Å²) in [5.74, 6) is 0.568. The number of rotatable bonds is 4. The van der Waals surface area contributed by atoms with E-state index in [0.717, 1.165) is 5.56 Å². The summed E-state index contributed by atoms with van der Waals surface area (Å²) in [6.07, 6.45) is 3.39. The molecule has 2 aromatic carbocycles. The molecule has 0 amide bonds. The van der Waals surface area contributed by atoms with Crippen LogP contribution in [0.1, 0.15) is 11.5 Å². The highest BCUT2D eigenvalue weighted by atomic mass is 35.5. The van der Waals surface area contributed by atoms with E-state index in [4.69, 9.17) is 16.1 Å². The lowest BCUT2D eigenvalue weighted by Gasteiger charge is -1.95. The molecule has 7 heteroatoms. The molecule has 1 heterocycles. The van der Waals surface area contributed by atoms with E-state index in [-0.39, 0.29) is 17.4 Å². The highest BCUT2D eigenvalue weighted by Gasteiger charge is 2.11. The van der Waals surface area contributed by atoms with E-state index in [1.54, 1.807) is 30.4 Å². The predicted molar refractivity (Wildman–Crippen MR) is 86.8 cm³/mol. The molecule has 0 radical (unpaired) electrons. The van der Waals surface area contributed by atoms with Gasteiger partial charge in [0.05, 0.1) is 4.92 Å². The molecule has 0 saturated carbocycles. The minimum absolute atomic E-state index is 0.0274. The van der Waals surface area contributed by atoms with Gasteiger partial charge in [-0.2, -0.15) is 4.98 Å². The average molecular weight is 328 g/mol. The smallest absolute Gasteiger partial charge is 0.270 e. The second kappa shape index (κ2) is 6.41. The monoisotopic (exact) mass is 327 g/mol. The Bertz CT molecular complexity index is 890. The van der Waals surface area contributed by atoms with Gasteiger partial charge >= 0.3 is 0 Å². The molecule has 114 valence electrons. The number of non-ortho nitro benzene ring substituents is 1. The predicted octanol–water partition coefficient (Wildman–Crippen LogP) is 4.47. The van der Waals surface area contributed by atoms with Crippen LogP contribution >= 0.6 is 11.6 Å². The molecule has 3 rings (SSSR count). The minimum Gasteiger partial charge on any atom is -0.334 e. The number of aromatic nitrogens is 2. The summed E-state index contributed by atoms with van der Waals surface area (Å²) in [6, 6.07) is 13.4. The maximum atomic E-state index is 10.8. The van der Waals surface area contributed by atoms with Crippen molar-refractivity contribution in [3.8, 4) is 11.4 Å². The van der Waals surface area contributed by atoms with E-state index in [9.17, 15) is 10.1 Å². The Balaban J connectivity index is 1.85. The number of benzene rings is 2. The van der Waals surface area contributed by atoms with Crippen LogP contribution in [0.5, 0.6) is 0 Å². The first-order chi connectivity index (χ1) is 11.1. The first-order valence-electron chi connectivity index (χ1n) is 6.64. The Kier molecular flexibility index (Phi) is 4.16. The van der Waals surface area contributed by atoms with E-state index in [0.29, 0.717) is 10.6 Å². The van der Waals surface area contributed by atoms with Gasteiger partial charge in [0.1, 0.15) is 0 Å². The van der Waals surface area contributed by atoms with Crippen LogP contribution in [0.25, 0.3) is 23.5 Å². The Morgan fingerprint density at radius 3 is 2.74 bits per heavy atom. The summed E-state index contributed by atoms with van der Waals surface area (Å²) in [4.78, 5) is 14.5. The van der Waals surface area contributed by atoms with Crippen LogP contribution in [-0.2, 0) is 0 Å². The standard InChI is InChI=1S/C16H10ClN3O3/c17-14-7-2-1-4-11(14)8-9-15-18-16(19-23-15)12-5-3-6-13(10-12)20(21)22/h1-10H/b9-8+. The number of hydrogen-bond acceptors (Lipinski definition) is 5. The number of nitro groups is 1. The molecule has 0 bridgehead atoms. The summed E-state index contributed by atoms with van der Waals surface area (Å²) >= 11 is 6.06. The van der Waals surface area contributed by atoms with Gasteiger partial charge in [0.25, 0.3) is 11.6 Å². The molecule has 0 N–H and O–H groups in total. The molecule has 23 heavy (non-hydrogen) atoms. The third-order valence-electron chi connectivity index (χ3n) is 3.07. The van der Waals surface area contributed by atoms with Crippen molar-refractivity contribution < 1.29 is 9.45 Å². The lowest BCUT2D eigenvalue weighted by atomic mass is 10.2. The van der Waals surface area contributed by atoms with Crippen molar-refractivity contribution in [1.82, 2.24) is 10.1 Å². The van der Waals surface area contributed by atoms with Crippen LogP contribution < -0.4 is 0 Å². The third-order valence-corrected chi connectivity index (χ3v) is 3.41. The molecule has 3 aromatic rings. The van der Waals surface area contributed by atoms with Gasteiger partial charge in [-0.3, -0.25) is 10.1 Å². The van der Waals surface area contributed by atoms with Crippen molar-refractivity contribution in [2.24, 2.45) is 0 Å². The van der Waals surface area contributed by atoms with E-state index >= 15 is 0 Å². The van der Waals surface area contributed by atoms with Gasteiger partial charge in [-0.15, -0.1) is 0 Å². The molecule has 1 aromatic heterocycles. The normalized spacial score (nSPS) is 11.0. The molecule has 0 aliphatic heterocycles. The second-order valence-corrected chi connectivity index (χ2v) is 5.03. The van der Waals surface area contributed by atoms with Crippen molar-refractivity contribution >= 4 is 29.4 Å². The van der Waals surface area contributed by atoms with Crippen LogP contribution in [0.4, 0.5) is 5.69 Å². The fourth-order valence-corrected chi connectivity index (χ4v) is 2.15. The zero-order valence-electron chi connectivity index (χ0n) is 11.7. The fraction of sp³-hybridized carbons (Fsp3) is 0. The molecular weight excluding hydrogens is 318 g/mol. The highest BCUT2D eigenvalue weighted by Crippen LogP contribution is 2.22. The molecule has 0 atom stereocenters. The van der Waals surface area contributed by atoms with Crippen LogP contribution in [0.3, 0.4) is 0 Å². The Hall–Kier alpha value is -2.99. The van der Waals surface area contributed by atoms with Crippen molar-refractivity contribution in [2.75, 3.05) is 0 Å². The largest absolute Gasteiger partial charge is 0.334 e. The van der Waals surface area contributed by atoms with Crippen LogP contribution in [0, 0.1) is 10.1 Å². The molecule has 0 unspecified atom stereocenters. The van der Waals surface area contributed by atoms with Crippen LogP contribution in [-0.4, -0.2) is 15.1 Å². The molecule has 0 fully saturated rings. The molecule has 0 spiro atoms. The SMILES string of the molecule is O=[N+]([O-])c1cccc(-c2noc(/C=C/c3ccccc3Cl)n2)c1. The van der Waals surface area contributed by atoms with Crippen molar-refractivity contribution in [3.63, 3.8) is 0 Å². The Labute approximate surface area is 136 Å². The number of nitrogens with zero attached hydrogens (tertiary/aromatic N) is 3. The third kappa shape index (κ3) is 3.44.